The maximum Gasteiger partial charge on any atom is 0.0448 e. The van der Waals surface area contributed by atoms with Gasteiger partial charge in [-0.15, -0.1) is 22.7 Å². The van der Waals surface area contributed by atoms with Gasteiger partial charge in [0.2, 0.25) is 0 Å². The molecule has 2 rings (SSSR count). The standard InChI is InChI=1S/C10H8S2/c1-7-3-5-9(11-7)10-6-4-8(2)12-10/h3-6H,1-2H2/b10-9-. The third-order valence-electron chi connectivity index (χ3n) is 1.57. The van der Waals surface area contributed by atoms with Crippen LogP contribution in [0.25, 0.3) is 13.2 Å². The molecule has 12 heavy (non-hydrogen) atoms. The molecule has 0 nitrogen and oxygen atoms in total. The lowest BCUT2D eigenvalue weighted by molar-refractivity contribution is 1.77. The Morgan fingerprint density at radius 2 is 1.17 bits per heavy atom. The highest BCUT2D eigenvalue weighted by Gasteiger charge is 1.86. The number of hydrogen-bond donors (Lipinski definition) is 0. The second kappa shape index (κ2) is 2.88. The topological polar surface area (TPSA) is 0 Å². The van der Waals surface area contributed by atoms with E-state index in [1.54, 1.807) is 22.7 Å². The molecular formula is C10H8S2. The van der Waals surface area contributed by atoms with Crippen LogP contribution in [0.4, 0.5) is 0 Å². The van der Waals surface area contributed by atoms with Gasteiger partial charge in [0.25, 0.3) is 0 Å². The molecule has 2 heterocycles. The summed E-state index contributed by atoms with van der Waals surface area (Å²) < 4.78 is 4.81. The molecule has 2 aromatic heterocycles. The fraction of sp³-hybridized carbons (Fsp3) is 0. The fourth-order valence-electron chi connectivity index (χ4n) is 1.02. The van der Waals surface area contributed by atoms with E-state index in [0.717, 1.165) is 9.06 Å². The van der Waals surface area contributed by atoms with Crippen LogP contribution in [0.15, 0.2) is 24.3 Å². The maximum absolute atomic E-state index is 3.88. The predicted octanol–water partition coefficient (Wildman–Crippen LogP) is 1.92. The van der Waals surface area contributed by atoms with E-state index in [-0.39, 0.29) is 0 Å². The predicted molar refractivity (Wildman–Crippen MR) is 56.6 cm³/mol. The van der Waals surface area contributed by atoms with Crippen LogP contribution < -0.4 is 9.06 Å². The average Bonchev–Trinajstić information content (AvgIpc) is 2.58. The molecule has 0 aliphatic rings. The summed E-state index contributed by atoms with van der Waals surface area (Å²) in [5, 5.41) is 0. The zero-order valence-electron chi connectivity index (χ0n) is 6.54. The molecule has 0 aliphatic heterocycles. The van der Waals surface area contributed by atoms with Crippen molar-refractivity contribution in [3.8, 4) is 0 Å². The SMILES string of the molecule is C=c1cc/c(=c2\ccc(=C)s2)s1. The molecule has 0 aromatic carbocycles. The summed E-state index contributed by atoms with van der Waals surface area (Å²) in [6.07, 6.45) is 0. The van der Waals surface area contributed by atoms with Crippen molar-refractivity contribution in [3.63, 3.8) is 0 Å². The summed E-state index contributed by atoms with van der Waals surface area (Å²) in [4.78, 5) is 0. The van der Waals surface area contributed by atoms with Crippen molar-refractivity contribution < 1.29 is 0 Å². The average molecular weight is 192 g/mol. The summed E-state index contributed by atoms with van der Waals surface area (Å²) in [5.74, 6) is 0. The summed E-state index contributed by atoms with van der Waals surface area (Å²) in [5.41, 5.74) is 0. The van der Waals surface area contributed by atoms with Crippen LogP contribution in [-0.4, -0.2) is 0 Å². The van der Waals surface area contributed by atoms with E-state index in [4.69, 9.17) is 0 Å². The first-order chi connectivity index (χ1) is 5.75. The smallest absolute Gasteiger partial charge is 0.0448 e. The molecule has 2 heteroatoms. The zero-order chi connectivity index (χ0) is 8.55. The minimum Gasteiger partial charge on any atom is -0.136 e. The lowest BCUT2D eigenvalue weighted by Crippen LogP contribution is -1.78. The molecule has 0 unspecified atom stereocenters. The first kappa shape index (κ1) is 7.77. The molecule has 0 atom stereocenters. The van der Waals surface area contributed by atoms with E-state index in [9.17, 15) is 0 Å². The van der Waals surface area contributed by atoms with Gasteiger partial charge in [0.05, 0.1) is 0 Å². The lowest BCUT2D eigenvalue weighted by atomic mass is 10.5. The first-order valence-electron chi connectivity index (χ1n) is 3.59. The van der Waals surface area contributed by atoms with E-state index in [1.807, 2.05) is 12.1 Å². The second-order valence-corrected chi connectivity index (χ2v) is 4.87. The molecule has 60 valence electrons. The first-order valence-corrected chi connectivity index (χ1v) is 5.23. The Kier molecular flexibility index (Phi) is 1.87. The highest BCUT2D eigenvalue weighted by molar-refractivity contribution is 7.11. The summed E-state index contributed by atoms with van der Waals surface area (Å²) in [7, 11) is 0. The van der Waals surface area contributed by atoms with Crippen LogP contribution in [-0.2, 0) is 0 Å². The summed E-state index contributed by atoms with van der Waals surface area (Å²) in [6.45, 7) is 7.76. The number of hydrogen-bond acceptors (Lipinski definition) is 2. The van der Waals surface area contributed by atoms with E-state index < -0.39 is 0 Å². The Morgan fingerprint density at radius 3 is 1.42 bits per heavy atom. The van der Waals surface area contributed by atoms with Crippen LogP contribution in [0.3, 0.4) is 0 Å². The molecule has 0 amide bonds. The van der Waals surface area contributed by atoms with Gasteiger partial charge in [-0.3, -0.25) is 0 Å². The largest absolute Gasteiger partial charge is 0.136 e. The molecule has 0 radical (unpaired) electrons. The van der Waals surface area contributed by atoms with Crippen molar-refractivity contribution >= 4 is 35.8 Å². The van der Waals surface area contributed by atoms with Gasteiger partial charge >= 0.3 is 0 Å². The Bertz CT molecular complexity index is 507. The molecular weight excluding hydrogens is 184 g/mol. The van der Waals surface area contributed by atoms with E-state index in [1.165, 1.54) is 9.06 Å². The van der Waals surface area contributed by atoms with Gasteiger partial charge in [-0.25, -0.2) is 0 Å². The van der Waals surface area contributed by atoms with Crippen LogP contribution in [0.2, 0.25) is 0 Å². The monoisotopic (exact) mass is 192 g/mol. The third kappa shape index (κ3) is 1.36. The van der Waals surface area contributed by atoms with Gasteiger partial charge in [0, 0.05) is 18.1 Å². The maximum atomic E-state index is 3.88. The zero-order valence-corrected chi connectivity index (χ0v) is 8.17. The second-order valence-electron chi connectivity index (χ2n) is 2.53. The fourth-order valence-corrected chi connectivity index (χ4v) is 2.72. The molecule has 0 bridgehead atoms. The molecule has 2 aromatic rings. The van der Waals surface area contributed by atoms with Crippen LogP contribution >= 0.6 is 22.7 Å². The van der Waals surface area contributed by atoms with Gasteiger partial charge in [0.15, 0.2) is 0 Å². The molecule has 0 fully saturated rings. The minimum absolute atomic E-state index is 1.11. The van der Waals surface area contributed by atoms with Gasteiger partial charge in [-0.05, 0) is 24.3 Å². The van der Waals surface area contributed by atoms with Gasteiger partial charge < -0.3 is 0 Å². The van der Waals surface area contributed by atoms with Crippen molar-refractivity contribution in [1.82, 2.24) is 0 Å². The van der Waals surface area contributed by atoms with Crippen molar-refractivity contribution in [3.05, 3.63) is 42.4 Å². The van der Waals surface area contributed by atoms with E-state index >= 15 is 0 Å². The molecule has 0 spiro atoms. The third-order valence-corrected chi connectivity index (χ3v) is 3.64. The van der Waals surface area contributed by atoms with Crippen LogP contribution in [0, 0.1) is 9.06 Å². The van der Waals surface area contributed by atoms with Crippen molar-refractivity contribution in [2.45, 2.75) is 0 Å². The van der Waals surface area contributed by atoms with Crippen LogP contribution in [0.1, 0.15) is 0 Å². The Labute approximate surface area is 78.4 Å². The van der Waals surface area contributed by atoms with Crippen molar-refractivity contribution in [2.75, 3.05) is 0 Å². The molecule has 0 N–H and O–H groups in total. The Balaban J connectivity index is 2.99. The van der Waals surface area contributed by atoms with Crippen molar-refractivity contribution in [1.29, 1.82) is 0 Å². The summed E-state index contributed by atoms with van der Waals surface area (Å²) >= 11 is 3.45. The van der Waals surface area contributed by atoms with Crippen LogP contribution in [0.5, 0.6) is 0 Å². The highest BCUT2D eigenvalue weighted by Crippen LogP contribution is 2.01. The molecule has 0 saturated carbocycles. The molecule has 0 saturated heterocycles. The highest BCUT2D eigenvalue weighted by atomic mass is 32.1. The number of thiophene rings is 2. The Hall–Kier alpha value is -0.860. The minimum atomic E-state index is 1.11. The quantitative estimate of drug-likeness (QED) is 0.598. The van der Waals surface area contributed by atoms with Gasteiger partial charge in [-0.1, -0.05) is 13.2 Å². The van der Waals surface area contributed by atoms with E-state index in [2.05, 4.69) is 25.3 Å². The normalized spacial score (nSPS) is 13.3. The lowest BCUT2D eigenvalue weighted by Gasteiger charge is -1.69. The number of rotatable bonds is 0. The molecule has 0 aliphatic carbocycles. The van der Waals surface area contributed by atoms with Crippen molar-refractivity contribution in [2.24, 2.45) is 0 Å². The summed E-state index contributed by atoms with van der Waals surface area (Å²) in [6, 6.07) is 8.31. The van der Waals surface area contributed by atoms with E-state index in [0.29, 0.717) is 0 Å². The Morgan fingerprint density at radius 1 is 0.750 bits per heavy atom. The van der Waals surface area contributed by atoms with Gasteiger partial charge in [0.1, 0.15) is 0 Å². The van der Waals surface area contributed by atoms with Gasteiger partial charge in [-0.2, -0.15) is 0 Å².